The van der Waals surface area contributed by atoms with Gasteiger partial charge < -0.3 is 20.3 Å². The van der Waals surface area contributed by atoms with Crippen LogP contribution in [0.4, 0.5) is 0 Å². The third-order valence-electron chi connectivity index (χ3n) is 3.87. The molecule has 1 fully saturated rings. The molecule has 1 aliphatic carbocycles. The van der Waals surface area contributed by atoms with E-state index in [1.165, 1.54) is 0 Å². The van der Waals surface area contributed by atoms with Crippen molar-refractivity contribution in [1.82, 2.24) is 10.2 Å². The molecule has 0 heterocycles. The van der Waals surface area contributed by atoms with Gasteiger partial charge in [0.1, 0.15) is 0 Å². The number of hydrogen-bond donors (Lipinski definition) is 3. The lowest BCUT2D eigenvalue weighted by molar-refractivity contribution is -0.145. The van der Waals surface area contributed by atoms with E-state index in [2.05, 4.69) is 5.32 Å². The maximum atomic E-state index is 11.6. The van der Waals surface area contributed by atoms with E-state index in [1.54, 1.807) is 19.1 Å². The molecule has 0 bridgehead atoms. The zero-order valence-electron chi connectivity index (χ0n) is 12.8. The number of carboxylic acid groups (broad SMARTS) is 1. The number of amides is 1. The van der Waals surface area contributed by atoms with Crippen LogP contribution in [0.2, 0.25) is 0 Å². The fourth-order valence-corrected chi connectivity index (χ4v) is 2.71. The van der Waals surface area contributed by atoms with Crippen molar-refractivity contribution in [2.75, 3.05) is 40.4 Å². The molecule has 0 atom stereocenters. The first-order valence-corrected chi connectivity index (χ1v) is 7.25. The van der Waals surface area contributed by atoms with E-state index >= 15 is 0 Å². The first kappa shape index (κ1) is 17.9. The molecule has 1 amide bonds. The molecule has 0 aromatic rings. The minimum absolute atomic E-state index is 0.114. The number of hydrogen-bond acceptors (Lipinski definition) is 5. The summed E-state index contributed by atoms with van der Waals surface area (Å²) in [6.07, 6.45) is 1.89. The SMILES string of the molecule is COCCNC(=O)CN(C)CC1(O)CCC(C(=O)O)CC1. The van der Waals surface area contributed by atoms with Crippen LogP contribution in [0.25, 0.3) is 0 Å². The average molecular weight is 302 g/mol. The summed E-state index contributed by atoms with van der Waals surface area (Å²) in [5, 5.41) is 22.2. The Morgan fingerprint density at radius 3 is 2.52 bits per heavy atom. The van der Waals surface area contributed by atoms with Crippen LogP contribution in [0.5, 0.6) is 0 Å². The van der Waals surface area contributed by atoms with Crippen LogP contribution in [0.1, 0.15) is 25.7 Å². The summed E-state index contributed by atoms with van der Waals surface area (Å²) in [6, 6.07) is 0. The number of nitrogens with zero attached hydrogens (tertiary/aromatic N) is 1. The lowest BCUT2D eigenvalue weighted by Crippen LogP contribution is -2.47. The lowest BCUT2D eigenvalue weighted by Gasteiger charge is -2.37. The fraction of sp³-hybridized carbons (Fsp3) is 0.857. The summed E-state index contributed by atoms with van der Waals surface area (Å²) < 4.78 is 4.85. The molecule has 0 radical (unpaired) electrons. The van der Waals surface area contributed by atoms with E-state index in [-0.39, 0.29) is 18.4 Å². The van der Waals surface area contributed by atoms with E-state index in [4.69, 9.17) is 9.84 Å². The van der Waals surface area contributed by atoms with E-state index in [1.807, 2.05) is 0 Å². The first-order chi connectivity index (χ1) is 9.86. The normalized spacial score (nSPS) is 25.8. The van der Waals surface area contributed by atoms with Gasteiger partial charge in [0.2, 0.25) is 5.91 Å². The second kappa shape index (κ2) is 8.31. The molecular weight excluding hydrogens is 276 g/mol. The second-order valence-corrected chi connectivity index (χ2v) is 5.85. The predicted molar refractivity (Wildman–Crippen MR) is 76.9 cm³/mol. The van der Waals surface area contributed by atoms with Gasteiger partial charge in [-0.1, -0.05) is 0 Å². The Bertz CT molecular complexity index is 353. The van der Waals surface area contributed by atoms with Gasteiger partial charge in [-0.2, -0.15) is 0 Å². The predicted octanol–water partition coefficient (Wildman–Crippen LogP) is -0.313. The van der Waals surface area contributed by atoms with Crippen molar-refractivity contribution >= 4 is 11.9 Å². The molecule has 0 aromatic carbocycles. The topological polar surface area (TPSA) is 99.1 Å². The highest BCUT2D eigenvalue weighted by atomic mass is 16.5. The maximum absolute atomic E-state index is 11.6. The Morgan fingerprint density at radius 1 is 1.38 bits per heavy atom. The molecule has 122 valence electrons. The van der Waals surface area contributed by atoms with Crippen molar-refractivity contribution in [3.05, 3.63) is 0 Å². The summed E-state index contributed by atoms with van der Waals surface area (Å²) in [6.45, 7) is 1.51. The molecular formula is C14H26N2O5. The number of rotatable bonds is 8. The quantitative estimate of drug-likeness (QED) is 0.532. The Labute approximate surface area is 125 Å². The van der Waals surface area contributed by atoms with E-state index in [9.17, 15) is 14.7 Å². The van der Waals surface area contributed by atoms with Gasteiger partial charge in [0.05, 0.1) is 24.7 Å². The van der Waals surface area contributed by atoms with Gasteiger partial charge in [-0.05, 0) is 32.7 Å². The third-order valence-corrected chi connectivity index (χ3v) is 3.87. The number of carbonyl (C=O) groups is 2. The number of nitrogens with one attached hydrogen (secondary N) is 1. The summed E-state index contributed by atoms with van der Waals surface area (Å²) >= 11 is 0. The van der Waals surface area contributed by atoms with Crippen LogP contribution in [0, 0.1) is 5.92 Å². The zero-order valence-corrected chi connectivity index (χ0v) is 12.8. The molecule has 7 nitrogen and oxygen atoms in total. The Hall–Kier alpha value is -1.18. The summed E-state index contributed by atoms with van der Waals surface area (Å²) in [4.78, 5) is 24.3. The third kappa shape index (κ3) is 6.41. The highest BCUT2D eigenvalue weighted by Crippen LogP contribution is 2.32. The number of carboxylic acids is 1. The average Bonchev–Trinajstić information content (AvgIpc) is 2.38. The van der Waals surface area contributed by atoms with Gasteiger partial charge in [0.15, 0.2) is 0 Å². The molecule has 0 spiro atoms. The van der Waals surface area contributed by atoms with Crippen LogP contribution in [0.15, 0.2) is 0 Å². The first-order valence-electron chi connectivity index (χ1n) is 7.25. The van der Waals surface area contributed by atoms with Crippen molar-refractivity contribution in [2.24, 2.45) is 5.92 Å². The molecule has 0 saturated heterocycles. The zero-order chi connectivity index (χ0) is 15.9. The monoisotopic (exact) mass is 302 g/mol. The van der Waals surface area contributed by atoms with Gasteiger partial charge in [0, 0.05) is 20.2 Å². The van der Waals surface area contributed by atoms with E-state index in [0.29, 0.717) is 45.4 Å². The largest absolute Gasteiger partial charge is 0.481 e. The summed E-state index contributed by atoms with van der Waals surface area (Å²) in [5.41, 5.74) is -0.895. The minimum Gasteiger partial charge on any atom is -0.481 e. The van der Waals surface area contributed by atoms with Gasteiger partial charge in [-0.25, -0.2) is 0 Å². The number of carbonyl (C=O) groups excluding carboxylic acids is 1. The van der Waals surface area contributed by atoms with Crippen molar-refractivity contribution in [3.63, 3.8) is 0 Å². The molecule has 21 heavy (non-hydrogen) atoms. The van der Waals surface area contributed by atoms with Crippen molar-refractivity contribution in [2.45, 2.75) is 31.3 Å². The second-order valence-electron chi connectivity index (χ2n) is 5.85. The number of aliphatic hydroxyl groups is 1. The van der Waals surface area contributed by atoms with Crippen LogP contribution < -0.4 is 5.32 Å². The molecule has 0 aromatic heterocycles. The summed E-state index contributed by atoms with van der Waals surface area (Å²) in [7, 11) is 3.35. The minimum atomic E-state index is -0.895. The van der Waals surface area contributed by atoms with Gasteiger partial charge in [-0.15, -0.1) is 0 Å². The Balaban J connectivity index is 2.32. The van der Waals surface area contributed by atoms with Crippen molar-refractivity contribution < 1.29 is 24.5 Å². The van der Waals surface area contributed by atoms with E-state index in [0.717, 1.165) is 0 Å². The highest BCUT2D eigenvalue weighted by molar-refractivity contribution is 5.77. The van der Waals surface area contributed by atoms with Gasteiger partial charge in [0.25, 0.3) is 0 Å². The van der Waals surface area contributed by atoms with Crippen molar-refractivity contribution in [1.29, 1.82) is 0 Å². The number of methoxy groups -OCH3 is 1. The Kier molecular flexibility index (Phi) is 7.07. The maximum Gasteiger partial charge on any atom is 0.306 e. The number of ether oxygens (including phenoxy) is 1. The fourth-order valence-electron chi connectivity index (χ4n) is 2.71. The molecule has 1 rings (SSSR count). The van der Waals surface area contributed by atoms with Crippen LogP contribution in [-0.2, 0) is 14.3 Å². The Morgan fingerprint density at radius 2 is 2.00 bits per heavy atom. The van der Waals surface area contributed by atoms with Crippen LogP contribution in [-0.4, -0.2) is 73.0 Å². The van der Waals surface area contributed by atoms with Gasteiger partial charge in [-0.3, -0.25) is 14.5 Å². The number of likely N-dealkylation sites (N-methyl/N-ethyl adjacent to an activating group) is 1. The lowest BCUT2D eigenvalue weighted by atomic mass is 9.78. The molecule has 0 unspecified atom stereocenters. The summed E-state index contributed by atoms with van der Waals surface area (Å²) in [5.74, 6) is -1.26. The highest BCUT2D eigenvalue weighted by Gasteiger charge is 2.36. The standard InChI is InChI=1S/C14H26N2O5/c1-16(9-12(17)15-7-8-21-2)10-14(20)5-3-11(4-6-14)13(18)19/h11,20H,3-10H2,1-2H3,(H,15,17)(H,18,19). The van der Waals surface area contributed by atoms with Crippen LogP contribution in [0.3, 0.4) is 0 Å². The molecule has 1 saturated carbocycles. The van der Waals surface area contributed by atoms with Crippen molar-refractivity contribution in [3.8, 4) is 0 Å². The van der Waals surface area contributed by atoms with E-state index < -0.39 is 11.6 Å². The molecule has 3 N–H and O–H groups in total. The molecule has 1 aliphatic rings. The molecule has 7 heteroatoms. The van der Waals surface area contributed by atoms with Gasteiger partial charge >= 0.3 is 5.97 Å². The molecule has 0 aliphatic heterocycles. The van der Waals surface area contributed by atoms with Crippen LogP contribution >= 0.6 is 0 Å². The smallest absolute Gasteiger partial charge is 0.306 e. The number of aliphatic carboxylic acids is 1.